The van der Waals surface area contributed by atoms with Gasteiger partial charge in [0, 0.05) is 5.56 Å². The van der Waals surface area contributed by atoms with E-state index in [-0.39, 0.29) is 0 Å². The lowest BCUT2D eigenvalue weighted by molar-refractivity contribution is -0.106. The van der Waals surface area contributed by atoms with Crippen LogP contribution in [-0.2, 0) is 9.47 Å². The van der Waals surface area contributed by atoms with E-state index in [0.717, 1.165) is 18.4 Å². The number of amides is 1. The van der Waals surface area contributed by atoms with Gasteiger partial charge in [0.2, 0.25) is 6.29 Å². The van der Waals surface area contributed by atoms with Gasteiger partial charge in [-0.05, 0) is 6.42 Å². The third-order valence-electron chi connectivity index (χ3n) is 3.56. The fourth-order valence-electron chi connectivity index (χ4n) is 2.34. The first-order chi connectivity index (χ1) is 10.7. The van der Waals surface area contributed by atoms with Crippen molar-refractivity contribution in [3.8, 4) is 0 Å². The number of benzene rings is 1. The molecule has 0 heterocycles. The summed E-state index contributed by atoms with van der Waals surface area (Å²) in [6.07, 6.45) is 8.42. The first kappa shape index (κ1) is 18.5. The van der Waals surface area contributed by atoms with E-state index in [4.69, 9.17) is 15.2 Å². The number of carbonyl (C=O) groups excluding carboxylic acids is 1. The van der Waals surface area contributed by atoms with E-state index in [2.05, 4.69) is 6.92 Å². The van der Waals surface area contributed by atoms with Crippen molar-refractivity contribution in [1.29, 1.82) is 0 Å². The fraction of sp³-hybridized carbons (Fsp3) is 0.611. The largest absolute Gasteiger partial charge is 0.415 e. The Morgan fingerprint density at radius 1 is 1.00 bits per heavy atom. The Labute approximate surface area is 134 Å². The Bertz CT molecular complexity index is 395. The lowest BCUT2D eigenvalue weighted by Crippen LogP contribution is -2.19. The Morgan fingerprint density at radius 3 is 2.18 bits per heavy atom. The van der Waals surface area contributed by atoms with Crippen LogP contribution in [0.25, 0.3) is 0 Å². The summed E-state index contributed by atoms with van der Waals surface area (Å²) < 4.78 is 10.7. The molecule has 0 radical (unpaired) electrons. The van der Waals surface area contributed by atoms with Crippen LogP contribution in [-0.4, -0.2) is 12.7 Å². The molecule has 0 aliphatic carbocycles. The molecule has 1 amide bonds. The van der Waals surface area contributed by atoms with E-state index in [1.165, 1.54) is 38.5 Å². The average molecular weight is 307 g/mol. The average Bonchev–Trinajstić information content (AvgIpc) is 2.52. The van der Waals surface area contributed by atoms with Gasteiger partial charge in [0.25, 0.3) is 0 Å². The molecule has 0 saturated carbocycles. The van der Waals surface area contributed by atoms with Crippen LogP contribution in [0.15, 0.2) is 30.3 Å². The molecule has 0 bridgehead atoms. The molecule has 2 N–H and O–H groups in total. The maximum absolute atomic E-state index is 11.0. The molecule has 0 aromatic heterocycles. The zero-order valence-electron chi connectivity index (χ0n) is 13.6. The molecule has 1 aromatic carbocycles. The third-order valence-corrected chi connectivity index (χ3v) is 3.56. The zero-order valence-corrected chi connectivity index (χ0v) is 13.6. The van der Waals surface area contributed by atoms with Crippen molar-refractivity contribution in [3.63, 3.8) is 0 Å². The number of primary amides is 1. The Morgan fingerprint density at radius 2 is 1.59 bits per heavy atom. The second-order valence-corrected chi connectivity index (χ2v) is 5.53. The summed E-state index contributed by atoms with van der Waals surface area (Å²) in [5.74, 6) is 0. The number of unbranched alkanes of at least 4 members (excludes halogenated alkanes) is 7. The van der Waals surface area contributed by atoms with Gasteiger partial charge in [-0.3, -0.25) is 0 Å². The molecule has 4 heteroatoms. The Kier molecular flexibility index (Phi) is 10.1. The van der Waals surface area contributed by atoms with Crippen LogP contribution in [0.3, 0.4) is 0 Å². The number of ether oxygens (including phenoxy) is 2. The number of carbonyl (C=O) groups is 1. The van der Waals surface area contributed by atoms with Crippen LogP contribution in [0.5, 0.6) is 0 Å². The third kappa shape index (κ3) is 8.67. The van der Waals surface area contributed by atoms with Crippen LogP contribution in [0, 0.1) is 0 Å². The van der Waals surface area contributed by atoms with Gasteiger partial charge in [-0.1, -0.05) is 82.2 Å². The monoisotopic (exact) mass is 307 g/mol. The summed E-state index contributed by atoms with van der Waals surface area (Å²) in [4.78, 5) is 11.0. The van der Waals surface area contributed by atoms with Crippen LogP contribution in [0.1, 0.15) is 70.1 Å². The van der Waals surface area contributed by atoms with E-state index in [9.17, 15) is 4.79 Å². The topological polar surface area (TPSA) is 61.6 Å². The molecule has 4 nitrogen and oxygen atoms in total. The van der Waals surface area contributed by atoms with E-state index in [1.807, 2.05) is 30.3 Å². The van der Waals surface area contributed by atoms with Crippen LogP contribution >= 0.6 is 0 Å². The highest BCUT2D eigenvalue weighted by molar-refractivity contribution is 5.64. The molecule has 124 valence electrons. The molecule has 0 aliphatic rings. The van der Waals surface area contributed by atoms with Crippen molar-refractivity contribution < 1.29 is 14.3 Å². The number of hydrogen-bond acceptors (Lipinski definition) is 3. The minimum absolute atomic E-state index is 0.571. The first-order valence-corrected chi connectivity index (χ1v) is 8.36. The van der Waals surface area contributed by atoms with Crippen molar-refractivity contribution in [2.45, 2.75) is 64.6 Å². The van der Waals surface area contributed by atoms with Crippen molar-refractivity contribution in [2.24, 2.45) is 5.73 Å². The molecular formula is C18H29NO3. The predicted molar refractivity (Wildman–Crippen MR) is 88.4 cm³/mol. The highest BCUT2D eigenvalue weighted by Crippen LogP contribution is 2.19. The van der Waals surface area contributed by atoms with Crippen molar-refractivity contribution >= 4 is 6.09 Å². The molecule has 0 aliphatic heterocycles. The van der Waals surface area contributed by atoms with Crippen LogP contribution in [0.2, 0.25) is 0 Å². The lowest BCUT2D eigenvalue weighted by Gasteiger charge is -2.17. The number of rotatable bonds is 12. The highest BCUT2D eigenvalue weighted by Gasteiger charge is 2.14. The summed E-state index contributed by atoms with van der Waals surface area (Å²) in [6.45, 7) is 2.80. The van der Waals surface area contributed by atoms with E-state index < -0.39 is 12.4 Å². The molecule has 1 unspecified atom stereocenters. The predicted octanol–water partition coefficient (Wildman–Crippen LogP) is 4.94. The van der Waals surface area contributed by atoms with Crippen LogP contribution < -0.4 is 5.73 Å². The normalized spacial score (nSPS) is 12.0. The zero-order chi connectivity index (χ0) is 16.0. The van der Waals surface area contributed by atoms with Gasteiger partial charge in [0.05, 0.1) is 6.61 Å². The van der Waals surface area contributed by atoms with Gasteiger partial charge in [0.15, 0.2) is 0 Å². The van der Waals surface area contributed by atoms with Gasteiger partial charge in [-0.15, -0.1) is 0 Å². The minimum Gasteiger partial charge on any atom is -0.415 e. The molecule has 0 spiro atoms. The SMILES string of the molecule is CCCCCCCCCCOC(OC(N)=O)c1ccccc1. The van der Waals surface area contributed by atoms with Gasteiger partial charge >= 0.3 is 6.09 Å². The van der Waals surface area contributed by atoms with Gasteiger partial charge in [-0.25, -0.2) is 4.79 Å². The molecular weight excluding hydrogens is 278 g/mol. The van der Waals surface area contributed by atoms with E-state index in [1.54, 1.807) is 0 Å². The summed E-state index contributed by atoms with van der Waals surface area (Å²) >= 11 is 0. The molecule has 0 fully saturated rings. The van der Waals surface area contributed by atoms with Crippen molar-refractivity contribution in [1.82, 2.24) is 0 Å². The van der Waals surface area contributed by atoms with Crippen molar-refractivity contribution in [2.75, 3.05) is 6.61 Å². The molecule has 1 aromatic rings. The summed E-state index contributed by atoms with van der Waals surface area (Å²) in [5.41, 5.74) is 5.91. The second kappa shape index (κ2) is 12.0. The van der Waals surface area contributed by atoms with Gasteiger partial charge in [-0.2, -0.15) is 0 Å². The fourth-order valence-corrected chi connectivity index (χ4v) is 2.34. The molecule has 22 heavy (non-hydrogen) atoms. The number of hydrogen-bond donors (Lipinski definition) is 1. The summed E-state index contributed by atoms with van der Waals surface area (Å²) in [6, 6.07) is 9.39. The quantitative estimate of drug-likeness (QED) is 0.439. The molecule has 1 atom stereocenters. The van der Waals surface area contributed by atoms with E-state index in [0.29, 0.717) is 6.61 Å². The second-order valence-electron chi connectivity index (χ2n) is 5.53. The van der Waals surface area contributed by atoms with Gasteiger partial charge in [0.1, 0.15) is 0 Å². The number of nitrogens with two attached hydrogens (primary N) is 1. The van der Waals surface area contributed by atoms with Gasteiger partial charge < -0.3 is 15.2 Å². The van der Waals surface area contributed by atoms with Crippen LogP contribution in [0.4, 0.5) is 4.79 Å². The molecule has 0 saturated heterocycles. The highest BCUT2D eigenvalue weighted by atomic mass is 16.7. The molecule has 1 rings (SSSR count). The van der Waals surface area contributed by atoms with E-state index >= 15 is 0 Å². The Hall–Kier alpha value is -1.55. The van der Waals surface area contributed by atoms with Crippen molar-refractivity contribution in [3.05, 3.63) is 35.9 Å². The lowest BCUT2D eigenvalue weighted by atomic mass is 10.1. The minimum atomic E-state index is -0.815. The Balaban J connectivity index is 2.17. The maximum atomic E-state index is 11.0. The first-order valence-electron chi connectivity index (χ1n) is 8.36. The summed E-state index contributed by atoms with van der Waals surface area (Å²) in [7, 11) is 0. The maximum Gasteiger partial charge on any atom is 0.407 e. The smallest absolute Gasteiger partial charge is 0.407 e. The summed E-state index contributed by atoms with van der Waals surface area (Å²) in [5, 5.41) is 0. The standard InChI is InChI=1S/C18H29NO3/c1-2-3-4-5-6-7-8-12-15-21-17(22-18(19)20)16-13-10-9-11-14-16/h9-11,13-14,17H,2-8,12,15H2,1H3,(H2,19,20).